The number of nitrogens with one attached hydrogen (secondary N) is 1. The predicted octanol–water partition coefficient (Wildman–Crippen LogP) is 1.62. The van der Waals surface area contributed by atoms with Crippen LogP contribution in [0.15, 0.2) is 9.52 Å². The maximum atomic E-state index is 5.10. The molecule has 1 aromatic heterocycles. The summed E-state index contributed by atoms with van der Waals surface area (Å²) in [6.07, 6.45) is 4.35. The minimum Gasteiger partial charge on any atom is -0.356 e. The van der Waals surface area contributed by atoms with Crippen molar-refractivity contribution in [3.63, 3.8) is 0 Å². The maximum Gasteiger partial charge on any atom is 0.226 e. The first-order valence-corrected chi connectivity index (χ1v) is 7.44. The second-order valence-corrected chi connectivity index (χ2v) is 5.51. The van der Waals surface area contributed by atoms with E-state index in [-0.39, 0.29) is 0 Å². The Hall–Kier alpha value is -1.59. The molecule has 0 bridgehead atoms. The number of hydrogen-bond donors (Lipinski definition) is 1. The second-order valence-electron chi connectivity index (χ2n) is 5.51. The van der Waals surface area contributed by atoms with Crippen LogP contribution < -0.4 is 5.32 Å². The molecule has 112 valence electrons. The monoisotopic (exact) mass is 279 g/mol. The zero-order chi connectivity index (χ0) is 14.4. The molecule has 1 aromatic rings. The number of aryl methyl sites for hydroxylation is 2. The van der Waals surface area contributed by atoms with Crippen molar-refractivity contribution in [3.05, 3.63) is 11.7 Å². The maximum absolute atomic E-state index is 5.10. The van der Waals surface area contributed by atoms with Crippen molar-refractivity contribution < 1.29 is 4.52 Å². The van der Waals surface area contributed by atoms with Crippen molar-refractivity contribution in [3.8, 4) is 0 Å². The Morgan fingerprint density at radius 2 is 2.40 bits per heavy atom. The molecule has 0 radical (unpaired) electrons. The standard InChI is InChI=1S/C14H25N5O/c1-11-6-5-9-19(10-11)14(15-3)16-8-4-7-13-17-12(2)18-20-13/h11H,4-10H2,1-3H3,(H,15,16). The summed E-state index contributed by atoms with van der Waals surface area (Å²) in [5, 5.41) is 7.21. The highest BCUT2D eigenvalue weighted by Crippen LogP contribution is 2.15. The van der Waals surface area contributed by atoms with Gasteiger partial charge in [-0.2, -0.15) is 4.98 Å². The first-order valence-electron chi connectivity index (χ1n) is 7.44. The highest BCUT2D eigenvalue weighted by atomic mass is 16.5. The topological polar surface area (TPSA) is 66.5 Å². The summed E-state index contributed by atoms with van der Waals surface area (Å²) in [5.41, 5.74) is 0. The van der Waals surface area contributed by atoms with Crippen LogP contribution in [0.2, 0.25) is 0 Å². The van der Waals surface area contributed by atoms with Crippen molar-refractivity contribution in [1.29, 1.82) is 0 Å². The molecule has 1 aliphatic heterocycles. The summed E-state index contributed by atoms with van der Waals surface area (Å²) in [6, 6.07) is 0. The molecular weight excluding hydrogens is 254 g/mol. The molecule has 1 atom stereocenters. The van der Waals surface area contributed by atoms with Crippen LogP contribution >= 0.6 is 0 Å². The molecule has 1 fully saturated rings. The Bertz CT molecular complexity index is 443. The molecule has 1 N–H and O–H groups in total. The van der Waals surface area contributed by atoms with Crippen LogP contribution in [0.4, 0.5) is 0 Å². The smallest absolute Gasteiger partial charge is 0.226 e. The Kier molecular flexibility index (Phi) is 5.38. The fraction of sp³-hybridized carbons (Fsp3) is 0.786. The van der Waals surface area contributed by atoms with E-state index in [1.807, 2.05) is 14.0 Å². The number of nitrogens with zero attached hydrogens (tertiary/aromatic N) is 4. The van der Waals surface area contributed by atoms with Gasteiger partial charge in [0.05, 0.1) is 0 Å². The van der Waals surface area contributed by atoms with Crippen LogP contribution in [0.25, 0.3) is 0 Å². The number of guanidine groups is 1. The zero-order valence-corrected chi connectivity index (χ0v) is 12.7. The SMILES string of the molecule is CN=C(NCCCc1nc(C)no1)N1CCCC(C)C1. The zero-order valence-electron chi connectivity index (χ0n) is 12.7. The van der Waals surface area contributed by atoms with Gasteiger partial charge in [-0.15, -0.1) is 0 Å². The van der Waals surface area contributed by atoms with E-state index in [9.17, 15) is 0 Å². The molecule has 2 rings (SSSR count). The van der Waals surface area contributed by atoms with Gasteiger partial charge < -0.3 is 14.7 Å². The van der Waals surface area contributed by atoms with Crippen LogP contribution in [0, 0.1) is 12.8 Å². The van der Waals surface area contributed by atoms with Crippen molar-refractivity contribution >= 4 is 5.96 Å². The molecule has 1 saturated heterocycles. The molecule has 0 aliphatic carbocycles. The van der Waals surface area contributed by atoms with Gasteiger partial charge >= 0.3 is 0 Å². The fourth-order valence-electron chi connectivity index (χ4n) is 2.60. The van der Waals surface area contributed by atoms with Gasteiger partial charge in [-0.25, -0.2) is 0 Å². The van der Waals surface area contributed by atoms with Gasteiger partial charge in [0.15, 0.2) is 11.8 Å². The molecule has 0 saturated carbocycles. The van der Waals surface area contributed by atoms with Crippen LogP contribution in [0.5, 0.6) is 0 Å². The van der Waals surface area contributed by atoms with E-state index in [4.69, 9.17) is 4.52 Å². The lowest BCUT2D eigenvalue weighted by atomic mass is 10.0. The van der Waals surface area contributed by atoms with E-state index in [0.717, 1.165) is 44.4 Å². The third-order valence-corrected chi connectivity index (χ3v) is 3.59. The second kappa shape index (κ2) is 7.26. The van der Waals surface area contributed by atoms with Gasteiger partial charge in [0.25, 0.3) is 0 Å². The Balaban J connectivity index is 1.71. The van der Waals surface area contributed by atoms with Crippen LogP contribution in [-0.2, 0) is 6.42 Å². The van der Waals surface area contributed by atoms with E-state index in [2.05, 4.69) is 32.3 Å². The van der Waals surface area contributed by atoms with E-state index in [1.165, 1.54) is 12.8 Å². The molecule has 20 heavy (non-hydrogen) atoms. The minimum atomic E-state index is 0.700. The van der Waals surface area contributed by atoms with Crippen LogP contribution in [0.3, 0.4) is 0 Å². The molecule has 0 aromatic carbocycles. The molecular formula is C14H25N5O. The number of rotatable bonds is 4. The molecule has 1 unspecified atom stereocenters. The number of aliphatic imine (C=N–C) groups is 1. The fourth-order valence-corrected chi connectivity index (χ4v) is 2.60. The summed E-state index contributed by atoms with van der Waals surface area (Å²) in [7, 11) is 1.85. The quantitative estimate of drug-likeness (QED) is 0.515. The number of piperidine rings is 1. The number of aromatic nitrogens is 2. The van der Waals surface area contributed by atoms with Crippen molar-refractivity contribution in [2.24, 2.45) is 10.9 Å². The van der Waals surface area contributed by atoms with Gasteiger partial charge in [0, 0.05) is 33.1 Å². The van der Waals surface area contributed by atoms with Crippen molar-refractivity contribution in [1.82, 2.24) is 20.4 Å². The predicted molar refractivity (Wildman–Crippen MR) is 78.7 cm³/mol. The van der Waals surface area contributed by atoms with Gasteiger partial charge in [0.2, 0.25) is 5.89 Å². The Morgan fingerprint density at radius 1 is 1.55 bits per heavy atom. The first kappa shape index (κ1) is 14.8. The molecule has 6 heteroatoms. The largest absolute Gasteiger partial charge is 0.356 e. The van der Waals surface area contributed by atoms with E-state index >= 15 is 0 Å². The molecule has 0 amide bonds. The van der Waals surface area contributed by atoms with Crippen LogP contribution in [0.1, 0.15) is 37.9 Å². The van der Waals surface area contributed by atoms with Gasteiger partial charge in [-0.05, 0) is 32.1 Å². The lowest BCUT2D eigenvalue weighted by molar-refractivity contribution is 0.266. The molecule has 0 spiro atoms. The average Bonchev–Trinajstić information content (AvgIpc) is 2.84. The van der Waals surface area contributed by atoms with Gasteiger partial charge in [-0.1, -0.05) is 12.1 Å². The van der Waals surface area contributed by atoms with Gasteiger partial charge in [0.1, 0.15) is 0 Å². The highest BCUT2D eigenvalue weighted by molar-refractivity contribution is 5.79. The normalized spacial score (nSPS) is 20.2. The Labute approximate surface area is 120 Å². The summed E-state index contributed by atoms with van der Waals surface area (Å²) in [6.45, 7) is 7.22. The third kappa shape index (κ3) is 4.21. The minimum absolute atomic E-state index is 0.700. The van der Waals surface area contributed by atoms with Crippen molar-refractivity contribution in [2.75, 3.05) is 26.7 Å². The molecule has 6 nitrogen and oxygen atoms in total. The third-order valence-electron chi connectivity index (χ3n) is 3.59. The van der Waals surface area contributed by atoms with Crippen molar-refractivity contribution in [2.45, 2.75) is 39.5 Å². The lowest BCUT2D eigenvalue weighted by Gasteiger charge is -2.33. The average molecular weight is 279 g/mol. The lowest BCUT2D eigenvalue weighted by Crippen LogP contribution is -2.46. The van der Waals surface area contributed by atoms with E-state index < -0.39 is 0 Å². The van der Waals surface area contributed by atoms with Crippen LogP contribution in [-0.4, -0.2) is 47.7 Å². The number of hydrogen-bond acceptors (Lipinski definition) is 4. The van der Waals surface area contributed by atoms with E-state index in [1.54, 1.807) is 0 Å². The molecule has 1 aliphatic rings. The molecule has 2 heterocycles. The highest BCUT2D eigenvalue weighted by Gasteiger charge is 2.18. The summed E-state index contributed by atoms with van der Waals surface area (Å²) in [4.78, 5) is 10.9. The van der Waals surface area contributed by atoms with E-state index in [0.29, 0.717) is 11.7 Å². The summed E-state index contributed by atoms with van der Waals surface area (Å²) in [5.74, 6) is 3.18. The Morgan fingerprint density at radius 3 is 3.05 bits per heavy atom. The first-order chi connectivity index (χ1) is 9.69. The van der Waals surface area contributed by atoms with Gasteiger partial charge in [-0.3, -0.25) is 4.99 Å². The summed E-state index contributed by atoms with van der Waals surface area (Å²) < 4.78 is 5.10. The number of likely N-dealkylation sites (tertiary alicyclic amines) is 1. The summed E-state index contributed by atoms with van der Waals surface area (Å²) >= 11 is 0.